The van der Waals surface area contributed by atoms with Crippen LogP contribution in [0.2, 0.25) is 0 Å². The maximum atomic E-state index is 10.7. The van der Waals surface area contributed by atoms with Gasteiger partial charge in [-0.1, -0.05) is 0 Å². The first kappa shape index (κ1) is 9.44. The molecule has 0 aliphatic carbocycles. The third kappa shape index (κ3) is 1.60. The molecule has 1 aromatic heterocycles. The van der Waals surface area contributed by atoms with Crippen molar-refractivity contribution in [2.24, 2.45) is 0 Å². The summed E-state index contributed by atoms with van der Waals surface area (Å²) in [4.78, 5) is 26.1. The van der Waals surface area contributed by atoms with Crippen molar-refractivity contribution in [3.63, 3.8) is 0 Å². The van der Waals surface area contributed by atoms with Gasteiger partial charge in [0.25, 0.3) is 5.82 Å². The second-order valence-corrected chi connectivity index (χ2v) is 3.08. The maximum Gasteiger partial charge on any atom is 0.407 e. The molecule has 0 aromatic carbocycles. The Balaban J connectivity index is 2.26. The topological polar surface area (TPSA) is 109 Å². The third-order valence-corrected chi connectivity index (χ3v) is 2.12. The summed E-state index contributed by atoms with van der Waals surface area (Å²) in [5.74, 6) is -1.14. The number of rotatable bonds is 1. The zero-order valence-electron chi connectivity index (χ0n) is 7.62. The van der Waals surface area contributed by atoms with E-state index in [4.69, 9.17) is 10.2 Å². The molecule has 0 fully saturated rings. The Morgan fingerprint density at radius 2 is 2.00 bits per heavy atom. The zero-order valence-corrected chi connectivity index (χ0v) is 7.62. The predicted octanol–water partition coefficient (Wildman–Crippen LogP) is -0.530. The highest BCUT2D eigenvalue weighted by molar-refractivity contribution is 5.82. The normalized spacial score (nSPS) is 14.8. The van der Waals surface area contributed by atoms with Gasteiger partial charge in [0, 0.05) is 6.54 Å². The first-order chi connectivity index (χ1) is 7.08. The van der Waals surface area contributed by atoms with E-state index in [9.17, 15) is 9.59 Å². The van der Waals surface area contributed by atoms with Crippen LogP contribution in [0.5, 0.6) is 0 Å². The lowest BCUT2D eigenvalue weighted by molar-refractivity contribution is 0.0683. The Kier molecular flexibility index (Phi) is 2.03. The summed E-state index contributed by atoms with van der Waals surface area (Å²) < 4.78 is 1.42. The fraction of sp³-hybridized carbons (Fsp3) is 0.429. The van der Waals surface area contributed by atoms with Crippen LogP contribution in [-0.4, -0.2) is 48.5 Å². The van der Waals surface area contributed by atoms with Gasteiger partial charge in [-0.2, -0.15) is 0 Å². The molecule has 15 heavy (non-hydrogen) atoms. The van der Waals surface area contributed by atoms with Gasteiger partial charge in [0.05, 0.1) is 13.1 Å². The number of carbonyl (C=O) groups is 2. The van der Waals surface area contributed by atoms with E-state index in [1.165, 1.54) is 4.68 Å². The number of fused-ring (bicyclic) bond motifs is 1. The van der Waals surface area contributed by atoms with Crippen LogP contribution in [0.15, 0.2) is 0 Å². The minimum Gasteiger partial charge on any atom is -0.475 e. The molecule has 2 heterocycles. The number of hydrogen-bond donors (Lipinski definition) is 2. The van der Waals surface area contributed by atoms with Gasteiger partial charge in [0.2, 0.25) is 0 Å². The summed E-state index contributed by atoms with van der Waals surface area (Å²) in [7, 11) is 0. The van der Waals surface area contributed by atoms with Gasteiger partial charge >= 0.3 is 12.1 Å². The van der Waals surface area contributed by atoms with Crippen LogP contribution < -0.4 is 0 Å². The smallest absolute Gasteiger partial charge is 0.407 e. The highest BCUT2D eigenvalue weighted by Gasteiger charge is 2.24. The van der Waals surface area contributed by atoms with Crippen molar-refractivity contribution in [1.82, 2.24) is 19.7 Å². The van der Waals surface area contributed by atoms with Crippen molar-refractivity contribution >= 4 is 12.1 Å². The van der Waals surface area contributed by atoms with E-state index < -0.39 is 12.1 Å². The molecule has 0 saturated carbocycles. The number of amides is 1. The van der Waals surface area contributed by atoms with Crippen LogP contribution in [0.4, 0.5) is 4.79 Å². The molecule has 0 bridgehead atoms. The van der Waals surface area contributed by atoms with Crippen LogP contribution >= 0.6 is 0 Å². The van der Waals surface area contributed by atoms with Gasteiger partial charge in [-0.15, -0.1) is 5.10 Å². The van der Waals surface area contributed by atoms with Crippen LogP contribution in [0, 0.1) is 0 Å². The van der Waals surface area contributed by atoms with E-state index in [2.05, 4.69) is 10.1 Å². The number of carboxylic acids is 1. The molecule has 8 nitrogen and oxygen atoms in total. The summed E-state index contributed by atoms with van der Waals surface area (Å²) in [5, 5.41) is 21.1. The lowest BCUT2D eigenvalue weighted by Crippen LogP contribution is -2.37. The molecule has 2 rings (SSSR count). The molecule has 0 saturated heterocycles. The molecule has 0 unspecified atom stereocenters. The summed E-state index contributed by atoms with van der Waals surface area (Å²) in [6, 6.07) is 0. The first-order valence-electron chi connectivity index (χ1n) is 4.23. The van der Waals surface area contributed by atoms with E-state index in [1.54, 1.807) is 0 Å². The maximum absolute atomic E-state index is 10.7. The average Bonchev–Trinajstić information content (AvgIpc) is 2.59. The van der Waals surface area contributed by atoms with Gasteiger partial charge in [-0.25, -0.2) is 19.3 Å². The standard InChI is InChI=1S/C7H8N4O4/c12-6(13)5-8-4-3-10(7(14)15)1-2-11(4)9-5/h1-3H2,(H,12,13)(H,14,15). The molecular formula is C7H8N4O4. The highest BCUT2D eigenvalue weighted by atomic mass is 16.4. The molecule has 2 N–H and O–H groups in total. The van der Waals surface area contributed by atoms with Crippen LogP contribution in [0.3, 0.4) is 0 Å². The fourth-order valence-electron chi connectivity index (χ4n) is 1.39. The van der Waals surface area contributed by atoms with Gasteiger partial charge in [-0.05, 0) is 0 Å². The van der Waals surface area contributed by atoms with Crippen molar-refractivity contribution in [2.75, 3.05) is 6.54 Å². The Labute approximate surface area is 83.7 Å². The summed E-state index contributed by atoms with van der Waals surface area (Å²) in [6.07, 6.45) is -1.04. The van der Waals surface area contributed by atoms with Crippen molar-refractivity contribution in [2.45, 2.75) is 13.1 Å². The minimum atomic E-state index is -1.21. The molecule has 0 atom stereocenters. The second kappa shape index (κ2) is 3.23. The molecule has 1 aliphatic heterocycles. The summed E-state index contributed by atoms with van der Waals surface area (Å²) in [6.45, 7) is 0.711. The number of nitrogens with zero attached hydrogens (tertiary/aromatic N) is 4. The molecule has 8 heteroatoms. The van der Waals surface area contributed by atoms with Crippen molar-refractivity contribution < 1.29 is 19.8 Å². The van der Waals surface area contributed by atoms with E-state index in [0.717, 1.165) is 4.90 Å². The molecule has 1 aliphatic rings. The summed E-state index contributed by atoms with van der Waals surface area (Å²) >= 11 is 0. The Morgan fingerprint density at radius 1 is 1.27 bits per heavy atom. The lowest BCUT2D eigenvalue weighted by atomic mass is 10.4. The highest BCUT2D eigenvalue weighted by Crippen LogP contribution is 2.10. The number of aromatic carboxylic acids is 1. The Morgan fingerprint density at radius 3 is 2.60 bits per heavy atom. The monoisotopic (exact) mass is 212 g/mol. The first-order valence-corrected chi connectivity index (χ1v) is 4.23. The molecule has 1 aromatic rings. The van der Waals surface area contributed by atoms with E-state index in [0.29, 0.717) is 18.9 Å². The predicted molar refractivity (Wildman–Crippen MR) is 45.4 cm³/mol. The van der Waals surface area contributed by atoms with Gasteiger partial charge in [0.15, 0.2) is 0 Å². The van der Waals surface area contributed by atoms with E-state index >= 15 is 0 Å². The van der Waals surface area contributed by atoms with Crippen LogP contribution in [0.25, 0.3) is 0 Å². The zero-order chi connectivity index (χ0) is 11.0. The third-order valence-electron chi connectivity index (χ3n) is 2.12. The second-order valence-electron chi connectivity index (χ2n) is 3.08. The summed E-state index contributed by atoms with van der Waals surface area (Å²) in [5.41, 5.74) is 0. The fourth-order valence-corrected chi connectivity index (χ4v) is 1.39. The Bertz CT molecular complexity index is 427. The van der Waals surface area contributed by atoms with Crippen molar-refractivity contribution in [1.29, 1.82) is 0 Å². The van der Waals surface area contributed by atoms with Crippen LogP contribution in [-0.2, 0) is 13.1 Å². The van der Waals surface area contributed by atoms with Crippen molar-refractivity contribution in [3.8, 4) is 0 Å². The largest absolute Gasteiger partial charge is 0.475 e. The van der Waals surface area contributed by atoms with Gasteiger partial charge in [-0.3, -0.25) is 4.90 Å². The van der Waals surface area contributed by atoms with E-state index in [1.807, 2.05) is 0 Å². The SMILES string of the molecule is O=C(O)c1nc2n(n1)CCN(C(=O)O)C2. The molecule has 80 valence electrons. The molecule has 0 radical (unpaired) electrons. The van der Waals surface area contributed by atoms with Crippen LogP contribution in [0.1, 0.15) is 16.4 Å². The number of hydrogen-bond acceptors (Lipinski definition) is 4. The minimum absolute atomic E-state index is 0.0790. The molecular weight excluding hydrogens is 204 g/mol. The molecule has 0 spiro atoms. The number of aromatic nitrogens is 3. The number of carboxylic acid groups (broad SMARTS) is 2. The van der Waals surface area contributed by atoms with Gasteiger partial charge in [0.1, 0.15) is 5.82 Å². The van der Waals surface area contributed by atoms with Crippen molar-refractivity contribution in [3.05, 3.63) is 11.6 Å². The van der Waals surface area contributed by atoms with E-state index in [-0.39, 0.29) is 12.4 Å². The average molecular weight is 212 g/mol. The van der Waals surface area contributed by atoms with Gasteiger partial charge < -0.3 is 10.2 Å². The quantitative estimate of drug-likeness (QED) is 0.647. The molecule has 1 amide bonds. The Hall–Kier alpha value is -2.12. The lowest BCUT2D eigenvalue weighted by Gasteiger charge is -2.23.